The van der Waals surface area contributed by atoms with Crippen LogP contribution in [0.15, 0.2) is 0 Å². The maximum Gasteiger partial charge on any atom is 0.324 e. The minimum Gasteiger partial charge on any atom is -0.481 e. The molecule has 1 rings (SSSR count). The van der Waals surface area contributed by atoms with E-state index in [9.17, 15) is 18.6 Å². The number of hydrogen-bond donors (Lipinski definition) is 2. The molecular formula is C11H18N2O5S. The maximum absolute atomic E-state index is 11.7. The van der Waals surface area contributed by atoms with Gasteiger partial charge in [0.05, 0.1) is 0 Å². The Morgan fingerprint density at radius 1 is 1.26 bits per heavy atom. The van der Waals surface area contributed by atoms with Crippen LogP contribution >= 0.6 is 0 Å². The topological polar surface area (TPSA) is 104 Å². The van der Waals surface area contributed by atoms with E-state index in [-0.39, 0.29) is 18.8 Å². The van der Waals surface area contributed by atoms with Crippen LogP contribution in [0.25, 0.3) is 0 Å². The number of nitrogens with one attached hydrogen (secondary N) is 1. The van der Waals surface area contributed by atoms with Crippen molar-refractivity contribution in [3.63, 3.8) is 0 Å². The van der Waals surface area contributed by atoms with Crippen LogP contribution in [-0.2, 0) is 20.4 Å². The van der Waals surface area contributed by atoms with Crippen LogP contribution in [0.4, 0.5) is 4.79 Å². The van der Waals surface area contributed by atoms with Gasteiger partial charge in [-0.05, 0) is 5.92 Å². The van der Waals surface area contributed by atoms with E-state index in [2.05, 4.69) is 5.32 Å². The van der Waals surface area contributed by atoms with Crippen molar-refractivity contribution in [2.45, 2.75) is 19.8 Å². The Hall–Kier alpha value is -1.44. The molecule has 0 saturated carbocycles. The van der Waals surface area contributed by atoms with Crippen molar-refractivity contribution in [3.8, 4) is 0 Å². The summed E-state index contributed by atoms with van der Waals surface area (Å²) in [4.78, 5) is 35.1. The van der Waals surface area contributed by atoms with Gasteiger partial charge in [-0.25, -0.2) is 4.79 Å². The molecule has 8 heteroatoms. The van der Waals surface area contributed by atoms with Gasteiger partial charge in [0.2, 0.25) is 5.91 Å². The van der Waals surface area contributed by atoms with Crippen molar-refractivity contribution in [2.75, 3.05) is 24.6 Å². The number of urea groups is 1. The number of amides is 3. The Morgan fingerprint density at radius 2 is 1.84 bits per heavy atom. The Kier molecular flexibility index (Phi) is 5.94. The number of carbonyl (C=O) groups excluding carboxylic acids is 2. The lowest BCUT2D eigenvalue weighted by molar-refractivity contribution is -0.138. The molecule has 0 aromatic heterocycles. The van der Waals surface area contributed by atoms with Gasteiger partial charge >= 0.3 is 12.0 Å². The fraction of sp³-hybridized carbons (Fsp3) is 0.727. The van der Waals surface area contributed by atoms with Gasteiger partial charge in [-0.2, -0.15) is 0 Å². The van der Waals surface area contributed by atoms with Gasteiger partial charge in [0, 0.05) is 48.2 Å². The summed E-state index contributed by atoms with van der Waals surface area (Å²) in [6.45, 7) is 2.38. The van der Waals surface area contributed by atoms with Crippen LogP contribution < -0.4 is 5.32 Å². The molecule has 1 unspecified atom stereocenters. The largest absolute Gasteiger partial charge is 0.481 e. The Labute approximate surface area is 113 Å². The lowest BCUT2D eigenvalue weighted by Gasteiger charge is -2.26. The second kappa shape index (κ2) is 7.22. The SMILES string of the molecule is CC(CC(=O)O)CC(=O)NC(=O)N1CCS(=O)CC1. The van der Waals surface area contributed by atoms with Gasteiger partial charge in [-0.3, -0.25) is 19.1 Å². The molecule has 3 amide bonds. The molecule has 1 saturated heterocycles. The van der Waals surface area contributed by atoms with Crippen LogP contribution in [0, 0.1) is 5.92 Å². The van der Waals surface area contributed by atoms with Crippen molar-refractivity contribution >= 4 is 28.7 Å². The maximum atomic E-state index is 11.7. The Morgan fingerprint density at radius 3 is 2.37 bits per heavy atom. The van der Waals surface area contributed by atoms with Gasteiger partial charge in [-0.15, -0.1) is 0 Å². The highest BCUT2D eigenvalue weighted by atomic mass is 32.2. The van der Waals surface area contributed by atoms with Crippen LogP contribution in [-0.4, -0.2) is 56.7 Å². The third kappa shape index (κ3) is 5.82. The summed E-state index contributed by atoms with van der Waals surface area (Å²) in [6, 6.07) is -0.496. The standard InChI is InChI=1S/C11H18N2O5S/c1-8(7-10(15)16)6-9(14)12-11(17)13-2-4-19(18)5-3-13/h8H,2-7H2,1H3,(H,15,16)(H,12,14,17). The van der Waals surface area contributed by atoms with Gasteiger partial charge in [0.15, 0.2) is 0 Å². The zero-order valence-electron chi connectivity index (χ0n) is 10.8. The lowest BCUT2D eigenvalue weighted by atomic mass is 10.0. The predicted octanol–water partition coefficient (Wildman–Crippen LogP) is -0.212. The molecule has 108 valence electrons. The lowest BCUT2D eigenvalue weighted by Crippen LogP contribution is -2.48. The van der Waals surface area contributed by atoms with E-state index >= 15 is 0 Å². The molecule has 0 spiro atoms. The number of hydrogen-bond acceptors (Lipinski definition) is 4. The summed E-state index contributed by atoms with van der Waals surface area (Å²) < 4.78 is 11.1. The number of carboxylic acids is 1. The zero-order valence-corrected chi connectivity index (χ0v) is 11.6. The summed E-state index contributed by atoms with van der Waals surface area (Å²) in [7, 11) is -0.878. The number of aliphatic carboxylic acids is 1. The van der Waals surface area contributed by atoms with Crippen molar-refractivity contribution in [1.82, 2.24) is 10.2 Å². The van der Waals surface area contributed by atoms with E-state index in [0.29, 0.717) is 24.6 Å². The van der Waals surface area contributed by atoms with Gasteiger partial charge in [0.25, 0.3) is 0 Å². The first-order chi connectivity index (χ1) is 8.88. The molecule has 0 radical (unpaired) electrons. The Bertz CT molecular complexity index is 389. The highest BCUT2D eigenvalue weighted by molar-refractivity contribution is 7.85. The molecule has 7 nitrogen and oxygen atoms in total. The van der Waals surface area contributed by atoms with Crippen LogP contribution in [0.1, 0.15) is 19.8 Å². The van der Waals surface area contributed by atoms with Gasteiger partial charge < -0.3 is 10.0 Å². The fourth-order valence-corrected chi connectivity index (χ4v) is 2.83. The molecule has 1 atom stereocenters. The number of nitrogens with zero attached hydrogens (tertiary/aromatic N) is 1. The van der Waals surface area contributed by atoms with Crippen LogP contribution in [0.5, 0.6) is 0 Å². The molecule has 1 fully saturated rings. The molecular weight excluding hydrogens is 272 g/mol. The first-order valence-electron chi connectivity index (χ1n) is 6.04. The van der Waals surface area contributed by atoms with E-state index in [4.69, 9.17) is 5.11 Å². The fourth-order valence-electron chi connectivity index (χ4n) is 1.78. The molecule has 2 N–H and O–H groups in total. The first kappa shape index (κ1) is 15.6. The number of rotatable bonds is 4. The van der Waals surface area contributed by atoms with E-state index in [1.54, 1.807) is 6.92 Å². The number of carbonyl (C=O) groups is 3. The summed E-state index contributed by atoms with van der Waals surface area (Å²) in [5.74, 6) is -0.914. The van der Waals surface area contributed by atoms with Crippen LogP contribution in [0.3, 0.4) is 0 Å². The monoisotopic (exact) mass is 290 g/mol. The smallest absolute Gasteiger partial charge is 0.324 e. The summed E-state index contributed by atoms with van der Waals surface area (Å²) in [5.41, 5.74) is 0. The molecule has 19 heavy (non-hydrogen) atoms. The summed E-state index contributed by atoms with van der Waals surface area (Å²) in [5, 5.41) is 10.8. The van der Waals surface area contributed by atoms with Crippen molar-refractivity contribution < 1.29 is 23.7 Å². The second-order valence-corrected chi connectivity index (χ2v) is 6.29. The predicted molar refractivity (Wildman–Crippen MR) is 69.0 cm³/mol. The molecule has 0 aromatic carbocycles. The normalized spacial score (nSPS) is 17.8. The Balaban J connectivity index is 2.33. The molecule has 0 aromatic rings. The minimum absolute atomic E-state index is 0.00217. The summed E-state index contributed by atoms with van der Waals surface area (Å²) >= 11 is 0. The third-order valence-electron chi connectivity index (χ3n) is 2.77. The zero-order chi connectivity index (χ0) is 14.4. The van der Waals surface area contributed by atoms with E-state index in [1.165, 1.54) is 4.90 Å². The molecule has 1 heterocycles. The minimum atomic E-state index is -0.967. The molecule has 0 aliphatic carbocycles. The highest BCUT2D eigenvalue weighted by Gasteiger charge is 2.22. The average Bonchev–Trinajstić information content (AvgIpc) is 2.27. The average molecular weight is 290 g/mol. The quantitative estimate of drug-likeness (QED) is 0.745. The highest BCUT2D eigenvalue weighted by Crippen LogP contribution is 2.07. The van der Waals surface area contributed by atoms with Gasteiger partial charge in [0.1, 0.15) is 0 Å². The first-order valence-corrected chi connectivity index (χ1v) is 7.53. The second-order valence-electron chi connectivity index (χ2n) is 4.60. The van der Waals surface area contributed by atoms with Crippen molar-refractivity contribution in [1.29, 1.82) is 0 Å². The number of imide groups is 1. The molecule has 1 aliphatic rings. The number of carboxylic acid groups (broad SMARTS) is 1. The van der Waals surface area contributed by atoms with E-state index < -0.39 is 28.7 Å². The van der Waals surface area contributed by atoms with Crippen molar-refractivity contribution in [3.05, 3.63) is 0 Å². The molecule has 1 aliphatic heterocycles. The third-order valence-corrected chi connectivity index (χ3v) is 4.04. The van der Waals surface area contributed by atoms with Crippen LogP contribution in [0.2, 0.25) is 0 Å². The van der Waals surface area contributed by atoms with E-state index in [1.807, 2.05) is 0 Å². The van der Waals surface area contributed by atoms with E-state index in [0.717, 1.165) is 0 Å². The summed E-state index contributed by atoms with van der Waals surface area (Å²) in [6.07, 6.45) is -0.109. The van der Waals surface area contributed by atoms with Crippen molar-refractivity contribution in [2.24, 2.45) is 5.92 Å². The molecule has 0 bridgehead atoms. The van der Waals surface area contributed by atoms with Gasteiger partial charge in [-0.1, -0.05) is 6.92 Å².